The first kappa shape index (κ1) is 14.6. The van der Waals surface area contributed by atoms with Crippen molar-refractivity contribution in [2.24, 2.45) is 0 Å². The minimum Gasteiger partial charge on any atom is -0.486 e. The van der Waals surface area contributed by atoms with Crippen LogP contribution in [0.25, 0.3) is 0 Å². The van der Waals surface area contributed by atoms with Crippen molar-refractivity contribution in [2.45, 2.75) is 13.0 Å². The maximum Gasteiger partial charge on any atom is 0.252 e. The van der Waals surface area contributed by atoms with Crippen LogP contribution in [0.3, 0.4) is 0 Å². The molecule has 0 spiro atoms. The number of nitriles is 1. The molecule has 0 aliphatic carbocycles. The van der Waals surface area contributed by atoms with E-state index < -0.39 is 0 Å². The first-order valence-electron chi connectivity index (χ1n) is 6.67. The molecule has 1 amide bonds. The topological polar surface area (TPSA) is 62.1 Å². The second-order valence-electron chi connectivity index (χ2n) is 4.54. The van der Waals surface area contributed by atoms with Crippen molar-refractivity contribution in [3.63, 3.8) is 0 Å². The zero-order valence-corrected chi connectivity index (χ0v) is 11.7. The molecule has 2 rings (SSSR count). The summed E-state index contributed by atoms with van der Waals surface area (Å²) < 4.78 is 5.83. The quantitative estimate of drug-likeness (QED) is 0.856. The maximum atomic E-state index is 11.7. The molecule has 21 heavy (non-hydrogen) atoms. The van der Waals surface area contributed by atoms with E-state index in [9.17, 15) is 4.79 Å². The van der Waals surface area contributed by atoms with Gasteiger partial charge in [0.1, 0.15) is 18.4 Å². The molecule has 0 aliphatic heterocycles. The summed E-state index contributed by atoms with van der Waals surface area (Å²) in [5, 5.41) is 10.9. The van der Waals surface area contributed by atoms with Gasteiger partial charge < -0.3 is 10.1 Å². The van der Waals surface area contributed by atoms with Crippen LogP contribution >= 0.6 is 0 Å². The second-order valence-corrected chi connectivity index (χ2v) is 4.54. The van der Waals surface area contributed by atoms with Crippen molar-refractivity contribution in [2.75, 3.05) is 6.54 Å². The van der Waals surface area contributed by atoms with Gasteiger partial charge >= 0.3 is 0 Å². The summed E-state index contributed by atoms with van der Waals surface area (Å²) in [4.78, 5) is 11.7. The van der Waals surface area contributed by atoms with E-state index in [1.807, 2.05) is 43.3 Å². The van der Waals surface area contributed by atoms with E-state index >= 15 is 0 Å². The predicted molar refractivity (Wildman–Crippen MR) is 79.9 cm³/mol. The summed E-state index contributed by atoms with van der Waals surface area (Å²) in [6.45, 7) is 1.98. The molecule has 0 radical (unpaired) electrons. The number of nitrogens with one attached hydrogen (secondary N) is 1. The van der Waals surface area contributed by atoms with Gasteiger partial charge in [0.15, 0.2) is 0 Å². The summed E-state index contributed by atoms with van der Waals surface area (Å²) >= 11 is 0. The molecule has 0 heterocycles. The third kappa shape index (κ3) is 4.08. The van der Waals surface area contributed by atoms with E-state index in [-0.39, 0.29) is 18.6 Å². The number of carbonyl (C=O) groups excluding carboxylic acids is 1. The Balaban J connectivity index is 2.00. The molecule has 0 aliphatic rings. The Labute approximate surface area is 124 Å². The van der Waals surface area contributed by atoms with Crippen molar-refractivity contribution in [3.8, 4) is 11.8 Å². The van der Waals surface area contributed by atoms with Crippen LogP contribution in [-0.2, 0) is 0 Å². The van der Waals surface area contributed by atoms with Gasteiger partial charge in [-0.25, -0.2) is 0 Å². The molecule has 0 saturated heterocycles. The lowest BCUT2D eigenvalue weighted by Gasteiger charge is -2.15. The van der Waals surface area contributed by atoms with Gasteiger partial charge in [-0.1, -0.05) is 30.3 Å². The van der Waals surface area contributed by atoms with Gasteiger partial charge in [0.25, 0.3) is 5.91 Å². The fourth-order valence-electron chi connectivity index (χ4n) is 1.90. The minimum atomic E-state index is -0.265. The molecule has 0 bridgehead atoms. The molecule has 0 aromatic heterocycles. The molecule has 2 aromatic rings. The smallest absolute Gasteiger partial charge is 0.252 e. The molecule has 0 saturated carbocycles. The van der Waals surface area contributed by atoms with E-state index in [1.165, 1.54) is 0 Å². The minimum absolute atomic E-state index is 0.00211. The fourth-order valence-corrected chi connectivity index (χ4v) is 1.90. The molecule has 4 heteroatoms. The monoisotopic (exact) mass is 280 g/mol. The van der Waals surface area contributed by atoms with E-state index in [0.717, 1.165) is 5.56 Å². The molecule has 1 unspecified atom stereocenters. The Hall–Kier alpha value is -2.80. The Kier molecular flexibility index (Phi) is 4.94. The average molecular weight is 280 g/mol. The highest BCUT2D eigenvalue weighted by atomic mass is 16.5. The van der Waals surface area contributed by atoms with Crippen LogP contribution in [0.4, 0.5) is 0 Å². The number of benzene rings is 2. The number of amides is 1. The van der Waals surface area contributed by atoms with E-state index in [2.05, 4.69) is 5.32 Å². The average Bonchev–Trinajstić information content (AvgIpc) is 2.54. The lowest BCUT2D eigenvalue weighted by atomic mass is 10.1. The molecule has 2 aromatic carbocycles. The third-order valence-electron chi connectivity index (χ3n) is 3.03. The van der Waals surface area contributed by atoms with Gasteiger partial charge in [-0.05, 0) is 36.8 Å². The van der Waals surface area contributed by atoms with Gasteiger partial charge in [-0.3, -0.25) is 4.79 Å². The van der Waals surface area contributed by atoms with Crippen molar-refractivity contribution >= 4 is 5.91 Å². The Morgan fingerprint density at radius 1 is 1.19 bits per heavy atom. The lowest BCUT2D eigenvalue weighted by Crippen LogP contribution is -2.23. The highest BCUT2D eigenvalue weighted by Gasteiger charge is 2.08. The van der Waals surface area contributed by atoms with E-state index in [1.54, 1.807) is 24.3 Å². The molecule has 1 N–H and O–H groups in total. The summed E-state index contributed by atoms with van der Waals surface area (Å²) in [6.07, 6.45) is -0.0653. The summed E-state index contributed by atoms with van der Waals surface area (Å²) in [7, 11) is 0. The highest BCUT2D eigenvalue weighted by Crippen LogP contribution is 2.21. The van der Waals surface area contributed by atoms with Gasteiger partial charge in [-0.15, -0.1) is 0 Å². The first-order valence-corrected chi connectivity index (χ1v) is 6.67. The number of rotatable bonds is 5. The van der Waals surface area contributed by atoms with Crippen molar-refractivity contribution in [1.29, 1.82) is 5.26 Å². The number of carbonyl (C=O) groups is 1. The molecular formula is C17H16N2O2. The van der Waals surface area contributed by atoms with Crippen molar-refractivity contribution < 1.29 is 9.53 Å². The largest absolute Gasteiger partial charge is 0.486 e. The lowest BCUT2D eigenvalue weighted by molar-refractivity contribution is 0.0958. The Morgan fingerprint density at radius 3 is 2.48 bits per heavy atom. The van der Waals surface area contributed by atoms with Crippen LogP contribution in [-0.4, -0.2) is 12.5 Å². The first-order chi connectivity index (χ1) is 10.2. The van der Waals surface area contributed by atoms with Gasteiger partial charge in [0, 0.05) is 5.56 Å². The van der Waals surface area contributed by atoms with Crippen LogP contribution in [0.5, 0.6) is 5.75 Å². The van der Waals surface area contributed by atoms with Gasteiger partial charge in [-0.2, -0.15) is 5.26 Å². The number of hydrogen-bond acceptors (Lipinski definition) is 3. The summed E-state index contributed by atoms with van der Waals surface area (Å²) in [5.41, 5.74) is 1.60. The molecule has 106 valence electrons. The van der Waals surface area contributed by atoms with Crippen LogP contribution in [0.15, 0.2) is 54.6 Å². The number of nitrogens with zero attached hydrogens (tertiary/aromatic N) is 1. The van der Waals surface area contributed by atoms with Crippen LogP contribution in [0.2, 0.25) is 0 Å². The molecular weight excluding hydrogens is 264 g/mol. The van der Waals surface area contributed by atoms with Crippen LogP contribution in [0.1, 0.15) is 28.9 Å². The van der Waals surface area contributed by atoms with E-state index in [0.29, 0.717) is 11.3 Å². The standard InChI is InChI=1S/C17H16N2O2/c1-13(14-5-3-2-4-6-14)21-16-9-7-15(8-10-16)17(20)19-12-11-18/h2-10,13H,12H2,1H3,(H,19,20). The normalized spacial score (nSPS) is 11.2. The molecule has 1 atom stereocenters. The summed E-state index contributed by atoms with van der Waals surface area (Å²) in [5.74, 6) is 0.433. The number of ether oxygens (including phenoxy) is 1. The zero-order valence-electron chi connectivity index (χ0n) is 11.7. The van der Waals surface area contributed by atoms with Crippen molar-refractivity contribution in [1.82, 2.24) is 5.32 Å². The summed E-state index contributed by atoms with van der Waals surface area (Å²) in [6, 6.07) is 18.6. The van der Waals surface area contributed by atoms with Gasteiger partial charge in [0.2, 0.25) is 0 Å². The highest BCUT2D eigenvalue weighted by molar-refractivity contribution is 5.94. The number of hydrogen-bond donors (Lipinski definition) is 1. The Bertz CT molecular complexity index is 630. The zero-order chi connectivity index (χ0) is 15.1. The maximum absolute atomic E-state index is 11.7. The van der Waals surface area contributed by atoms with Crippen LogP contribution < -0.4 is 10.1 Å². The Morgan fingerprint density at radius 2 is 1.86 bits per heavy atom. The van der Waals surface area contributed by atoms with E-state index in [4.69, 9.17) is 10.00 Å². The third-order valence-corrected chi connectivity index (χ3v) is 3.03. The van der Waals surface area contributed by atoms with Crippen LogP contribution in [0, 0.1) is 11.3 Å². The predicted octanol–water partition coefficient (Wildman–Crippen LogP) is 3.08. The van der Waals surface area contributed by atoms with Gasteiger partial charge in [0.05, 0.1) is 6.07 Å². The molecule has 4 nitrogen and oxygen atoms in total. The second kappa shape index (κ2) is 7.11. The molecule has 0 fully saturated rings. The van der Waals surface area contributed by atoms with Crippen molar-refractivity contribution in [3.05, 3.63) is 65.7 Å². The SMILES string of the molecule is CC(Oc1ccc(C(=O)NCC#N)cc1)c1ccccc1. The fraction of sp³-hybridized carbons (Fsp3) is 0.176.